The van der Waals surface area contributed by atoms with Gasteiger partial charge in [0.2, 0.25) is 0 Å². The molecule has 0 heterocycles. The fourth-order valence-electron chi connectivity index (χ4n) is 1.49. The Balaban J connectivity index is 0.000000400. The maximum absolute atomic E-state index is 10.8. The van der Waals surface area contributed by atoms with Crippen LogP contribution in [0.2, 0.25) is 0 Å². The minimum atomic E-state index is -0.497. The first-order chi connectivity index (χ1) is 11.5. The van der Waals surface area contributed by atoms with Crippen molar-refractivity contribution in [2.75, 3.05) is 0 Å². The quantitative estimate of drug-likeness (QED) is 0.190. The summed E-state index contributed by atoms with van der Waals surface area (Å²) < 4.78 is 0. The highest BCUT2D eigenvalue weighted by atomic mass is 16.3. The number of phenolic OH excluding ortho intramolecular Hbond substituents is 2. The first kappa shape index (κ1) is 20.8. The Labute approximate surface area is 138 Å². The van der Waals surface area contributed by atoms with E-state index in [1.54, 1.807) is 24.3 Å². The molecule has 24 heavy (non-hydrogen) atoms. The number of nitrogens with one attached hydrogen (secondary N) is 2. The topological polar surface area (TPSA) is 203 Å². The minimum Gasteiger partial charge on any atom is -0.507 e. The van der Waals surface area contributed by atoms with Crippen LogP contribution in [0.5, 0.6) is 11.5 Å². The van der Waals surface area contributed by atoms with Crippen molar-refractivity contribution in [1.29, 1.82) is 0 Å². The van der Waals surface area contributed by atoms with Crippen molar-refractivity contribution in [3.05, 3.63) is 59.7 Å². The van der Waals surface area contributed by atoms with Crippen LogP contribution in [0.3, 0.4) is 0 Å². The smallest absolute Gasteiger partial charge is 0.268 e. The lowest BCUT2D eigenvalue weighted by Crippen LogP contribution is -2.29. The van der Waals surface area contributed by atoms with E-state index in [1.807, 2.05) is 10.9 Å². The van der Waals surface area contributed by atoms with E-state index in [0.717, 1.165) is 0 Å². The van der Waals surface area contributed by atoms with Crippen molar-refractivity contribution < 1.29 is 19.8 Å². The second-order valence-corrected chi connectivity index (χ2v) is 3.98. The molecule has 10 nitrogen and oxygen atoms in total. The molecule has 0 aromatic heterocycles. The zero-order valence-electron chi connectivity index (χ0n) is 12.6. The Morgan fingerprint density at radius 1 is 0.708 bits per heavy atom. The second-order valence-electron chi connectivity index (χ2n) is 3.98. The number of nitrogens with two attached hydrogens (primary N) is 4. The lowest BCUT2D eigenvalue weighted by atomic mass is 10.2. The lowest BCUT2D eigenvalue weighted by molar-refractivity contribution is 0.0942. The van der Waals surface area contributed by atoms with Crippen molar-refractivity contribution in [2.45, 2.75) is 0 Å². The van der Waals surface area contributed by atoms with Gasteiger partial charge in [-0.25, -0.2) is 11.7 Å². The van der Waals surface area contributed by atoms with Crippen molar-refractivity contribution in [1.82, 2.24) is 10.9 Å². The van der Waals surface area contributed by atoms with Crippen LogP contribution < -0.4 is 34.2 Å². The van der Waals surface area contributed by atoms with Gasteiger partial charge in [-0.3, -0.25) is 32.1 Å². The number of amides is 2. The molecule has 2 aromatic rings. The molecular formula is C14H20N6O4. The van der Waals surface area contributed by atoms with Crippen LogP contribution in [0.15, 0.2) is 48.5 Å². The highest BCUT2D eigenvalue weighted by Gasteiger charge is 2.07. The molecule has 0 bridgehead atoms. The van der Waals surface area contributed by atoms with Gasteiger partial charge in [-0.15, -0.1) is 0 Å². The van der Waals surface area contributed by atoms with Crippen LogP contribution in [0.4, 0.5) is 0 Å². The van der Waals surface area contributed by atoms with Crippen LogP contribution in [-0.4, -0.2) is 22.0 Å². The summed E-state index contributed by atoms with van der Waals surface area (Å²) in [6.45, 7) is 0. The maximum atomic E-state index is 10.8. The summed E-state index contributed by atoms with van der Waals surface area (Å²) in [5, 5.41) is 18.2. The summed E-state index contributed by atoms with van der Waals surface area (Å²) in [6, 6.07) is 12.4. The van der Waals surface area contributed by atoms with Crippen molar-refractivity contribution in [2.24, 2.45) is 23.4 Å². The Hall–Kier alpha value is -3.18. The predicted octanol–water partition coefficient (Wildman–Crippen LogP) is -1.19. The predicted molar refractivity (Wildman–Crippen MR) is 87.9 cm³/mol. The molecule has 130 valence electrons. The number of rotatable bonds is 2. The lowest BCUT2D eigenvalue weighted by Gasteiger charge is -2.00. The Morgan fingerprint density at radius 2 is 1.00 bits per heavy atom. The van der Waals surface area contributed by atoms with Gasteiger partial charge >= 0.3 is 0 Å². The van der Waals surface area contributed by atoms with E-state index in [9.17, 15) is 9.59 Å². The van der Waals surface area contributed by atoms with E-state index in [0.29, 0.717) is 0 Å². The number of hydrogen-bond acceptors (Lipinski definition) is 8. The maximum Gasteiger partial charge on any atom is 0.268 e. The molecule has 0 spiro atoms. The summed E-state index contributed by atoms with van der Waals surface area (Å²) in [6.07, 6.45) is 0. The molecular weight excluding hydrogens is 316 g/mol. The standard InChI is InChI=1S/2C7H8N2O2.H4N2/c2*8-9-7(11)5-3-1-2-4-6(5)10;1-2/h2*1-4,10H,8H2,(H,9,11);1-2H2. The molecule has 0 saturated carbocycles. The van der Waals surface area contributed by atoms with E-state index >= 15 is 0 Å². The average Bonchev–Trinajstić information content (AvgIpc) is 2.63. The summed E-state index contributed by atoms with van der Waals surface area (Å²) in [4.78, 5) is 21.7. The molecule has 2 aromatic carbocycles. The van der Waals surface area contributed by atoms with Crippen LogP contribution in [-0.2, 0) is 0 Å². The van der Waals surface area contributed by atoms with Crippen LogP contribution in [0, 0.1) is 0 Å². The largest absolute Gasteiger partial charge is 0.507 e. The first-order valence-corrected chi connectivity index (χ1v) is 6.42. The zero-order valence-corrected chi connectivity index (χ0v) is 12.6. The molecule has 2 rings (SSSR count). The van der Waals surface area contributed by atoms with Gasteiger partial charge in [-0.1, -0.05) is 24.3 Å². The van der Waals surface area contributed by atoms with Crippen LogP contribution >= 0.6 is 0 Å². The second kappa shape index (κ2) is 11.4. The number of hydrazine groups is 3. The van der Waals surface area contributed by atoms with Gasteiger partial charge in [0, 0.05) is 0 Å². The molecule has 0 radical (unpaired) electrons. The number of benzene rings is 2. The molecule has 0 unspecified atom stereocenters. The summed E-state index contributed by atoms with van der Waals surface area (Å²) in [5.74, 6) is 16.6. The van der Waals surface area contributed by atoms with E-state index in [1.165, 1.54) is 24.3 Å². The Bertz CT molecular complexity index is 608. The molecule has 0 fully saturated rings. The molecule has 2 amide bonds. The highest BCUT2D eigenvalue weighted by molar-refractivity contribution is 5.96. The van der Waals surface area contributed by atoms with Crippen molar-refractivity contribution in [3.63, 3.8) is 0 Å². The summed E-state index contributed by atoms with van der Waals surface area (Å²) in [5.41, 5.74) is 4.20. The van der Waals surface area contributed by atoms with Crippen LogP contribution in [0.25, 0.3) is 0 Å². The third-order valence-electron chi connectivity index (χ3n) is 2.56. The van der Waals surface area contributed by atoms with Gasteiger partial charge in [-0.2, -0.15) is 0 Å². The van der Waals surface area contributed by atoms with Gasteiger partial charge in [0.15, 0.2) is 0 Å². The number of phenols is 2. The Kier molecular flexibility index (Phi) is 9.89. The van der Waals surface area contributed by atoms with E-state index < -0.39 is 11.8 Å². The number of hydrogen-bond donors (Lipinski definition) is 8. The number of carbonyl (C=O) groups excluding carboxylic acids is 2. The van der Waals surface area contributed by atoms with Crippen molar-refractivity contribution in [3.8, 4) is 11.5 Å². The van der Waals surface area contributed by atoms with Crippen molar-refractivity contribution >= 4 is 11.8 Å². The number of nitrogen functional groups attached to an aromatic ring is 2. The minimum absolute atomic E-state index is 0.0737. The van der Waals surface area contributed by atoms with E-state index in [4.69, 9.17) is 21.9 Å². The van der Waals surface area contributed by atoms with Gasteiger partial charge in [0.25, 0.3) is 11.8 Å². The van der Waals surface area contributed by atoms with E-state index in [-0.39, 0.29) is 22.6 Å². The normalized spacial score (nSPS) is 8.67. The molecule has 10 heteroatoms. The molecule has 0 aliphatic heterocycles. The number of carbonyl (C=O) groups is 2. The van der Waals surface area contributed by atoms with E-state index in [2.05, 4.69) is 11.7 Å². The molecule has 0 atom stereocenters. The van der Waals surface area contributed by atoms with Gasteiger partial charge in [0.1, 0.15) is 11.5 Å². The van der Waals surface area contributed by atoms with Gasteiger partial charge in [0.05, 0.1) is 11.1 Å². The summed E-state index contributed by atoms with van der Waals surface area (Å²) in [7, 11) is 0. The third-order valence-corrected chi connectivity index (χ3v) is 2.56. The third kappa shape index (κ3) is 6.29. The molecule has 0 aliphatic rings. The van der Waals surface area contributed by atoms with Gasteiger partial charge in [-0.05, 0) is 24.3 Å². The monoisotopic (exact) mass is 336 g/mol. The fraction of sp³-hybridized carbons (Fsp3) is 0. The van der Waals surface area contributed by atoms with Crippen LogP contribution in [0.1, 0.15) is 20.7 Å². The fourth-order valence-corrected chi connectivity index (χ4v) is 1.49. The molecule has 12 N–H and O–H groups in total. The summed E-state index contributed by atoms with van der Waals surface area (Å²) >= 11 is 0. The first-order valence-electron chi connectivity index (χ1n) is 6.42. The van der Waals surface area contributed by atoms with Gasteiger partial charge < -0.3 is 10.2 Å². The highest BCUT2D eigenvalue weighted by Crippen LogP contribution is 2.15. The number of aromatic hydroxyl groups is 2. The number of para-hydroxylation sites is 2. The SMILES string of the molecule is NN.NNC(=O)c1ccccc1O.NNC(=O)c1ccccc1O. The molecule has 0 saturated heterocycles. The zero-order chi connectivity index (χ0) is 18.5. The average molecular weight is 336 g/mol. The Morgan fingerprint density at radius 3 is 1.25 bits per heavy atom. The molecule has 0 aliphatic carbocycles.